The molecule has 2 aromatic rings. The maximum absolute atomic E-state index is 12.9. The van der Waals surface area contributed by atoms with Crippen molar-refractivity contribution < 1.29 is 23.1 Å². The van der Waals surface area contributed by atoms with Crippen molar-refractivity contribution in [1.29, 1.82) is 0 Å². The monoisotopic (exact) mass is 442 g/mol. The maximum atomic E-state index is 12.9. The number of piperidine rings is 1. The van der Waals surface area contributed by atoms with E-state index in [1.54, 1.807) is 37.4 Å². The van der Waals surface area contributed by atoms with Gasteiger partial charge >= 0.3 is 0 Å². The first-order valence-electron chi connectivity index (χ1n) is 9.96. The lowest BCUT2D eigenvalue weighted by Gasteiger charge is -2.32. The molecule has 0 bridgehead atoms. The summed E-state index contributed by atoms with van der Waals surface area (Å²) in [6.07, 6.45) is 1.27. The fraction of sp³-hybridized carbons (Fsp3) is 0.348. The Morgan fingerprint density at radius 2 is 1.77 bits per heavy atom. The van der Waals surface area contributed by atoms with E-state index in [0.29, 0.717) is 31.5 Å². The number of sulfonamides is 1. The minimum Gasteiger partial charge on any atom is -0.497 e. The molecule has 1 atom stereocenters. The zero-order chi connectivity index (χ0) is 22.5. The predicted molar refractivity (Wildman–Crippen MR) is 118 cm³/mol. The molecule has 1 saturated heterocycles. The van der Waals surface area contributed by atoms with Gasteiger partial charge < -0.3 is 15.6 Å². The highest BCUT2D eigenvalue weighted by molar-refractivity contribution is 7.89. The van der Waals surface area contributed by atoms with Crippen LogP contribution in [0.15, 0.2) is 54.6 Å². The number of hydrogen-bond donors (Lipinski definition) is 2. The van der Waals surface area contributed by atoms with E-state index in [4.69, 9.17) is 10.5 Å². The topological polar surface area (TPSA) is 110 Å². The molecule has 1 fully saturated rings. The summed E-state index contributed by atoms with van der Waals surface area (Å²) in [7, 11) is -2.34. The first-order valence-corrected chi connectivity index (χ1v) is 11.6. The van der Waals surface area contributed by atoms with E-state index in [0.717, 1.165) is 11.3 Å². The quantitative estimate of drug-likeness (QED) is 0.659. The average molecular weight is 443 g/mol. The summed E-state index contributed by atoms with van der Waals surface area (Å²) in [5, 5.41) is 10.6. The summed E-state index contributed by atoms with van der Waals surface area (Å²) in [5.41, 5.74) is 4.50. The normalized spacial score (nSPS) is 17.2. The van der Waals surface area contributed by atoms with Crippen molar-refractivity contribution in [2.24, 2.45) is 5.73 Å². The van der Waals surface area contributed by atoms with Crippen LogP contribution in [0.2, 0.25) is 0 Å². The molecule has 0 aromatic heterocycles. The van der Waals surface area contributed by atoms with Gasteiger partial charge in [-0.15, -0.1) is 0 Å². The fourth-order valence-corrected chi connectivity index (χ4v) is 5.26. The molecule has 3 rings (SSSR count). The van der Waals surface area contributed by atoms with Crippen LogP contribution in [0.1, 0.15) is 29.9 Å². The van der Waals surface area contributed by atoms with E-state index >= 15 is 0 Å². The van der Waals surface area contributed by atoms with Crippen LogP contribution in [0.5, 0.6) is 5.75 Å². The van der Waals surface area contributed by atoms with E-state index in [1.165, 1.54) is 4.31 Å². The molecule has 8 heteroatoms. The highest BCUT2D eigenvalue weighted by atomic mass is 32.2. The number of methoxy groups -OCH3 is 1. The van der Waals surface area contributed by atoms with Crippen molar-refractivity contribution in [3.05, 3.63) is 65.7 Å². The van der Waals surface area contributed by atoms with Gasteiger partial charge in [-0.3, -0.25) is 4.79 Å². The molecule has 31 heavy (non-hydrogen) atoms. The Morgan fingerprint density at radius 3 is 2.32 bits per heavy atom. The van der Waals surface area contributed by atoms with Gasteiger partial charge in [0.05, 0.1) is 7.11 Å². The Morgan fingerprint density at radius 1 is 1.16 bits per heavy atom. The third-order valence-corrected chi connectivity index (χ3v) is 7.36. The number of benzene rings is 2. The van der Waals surface area contributed by atoms with Crippen molar-refractivity contribution >= 4 is 15.9 Å². The van der Waals surface area contributed by atoms with Crippen LogP contribution >= 0.6 is 0 Å². The molecule has 0 aliphatic carbocycles. The second-order valence-corrected chi connectivity index (χ2v) is 9.51. The molecule has 1 aliphatic rings. The van der Waals surface area contributed by atoms with Gasteiger partial charge in [-0.25, -0.2) is 12.7 Å². The minimum absolute atomic E-state index is 0.227. The Bertz CT molecular complexity index is 1070. The van der Waals surface area contributed by atoms with Gasteiger partial charge in [-0.2, -0.15) is 0 Å². The predicted octanol–water partition coefficient (Wildman–Crippen LogP) is 1.47. The molecule has 3 N–H and O–H groups in total. The highest BCUT2D eigenvalue weighted by Gasteiger charge is 2.41. The molecule has 0 radical (unpaired) electrons. The van der Waals surface area contributed by atoms with Crippen LogP contribution in [0.4, 0.5) is 0 Å². The van der Waals surface area contributed by atoms with Crippen LogP contribution in [-0.4, -0.2) is 55.3 Å². The highest BCUT2D eigenvalue weighted by Crippen LogP contribution is 2.30. The van der Waals surface area contributed by atoms with Gasteiger partial charge in [0.15, 0.2) is 0 Å². The number of carbonyl (C=O) groups is 1. The zero-order valence-corrected chi connectivity index (χ0v) is 18.1. The molecule has 0 saturated carbocycles. The number of primary amides is 1. The van der Waals surface area contributed by atoms with Crippen molar-refractivity contribution in [2.45, 2.75) is 24.4 Å². The van der Waals surface area contributed by atoms with Gasteiger partial charge in [-0.1, -0.05) is 42.2 Å². The van der Waals surface area contributed by atoms with E-state index in [9.17, 15) is 18.3 Å². The Hall–Kier alpha value is -2.86. The van der Waals surface area contributed by atoms with Gasteiger partial charge in [0.2, 0.25) is 15.6 Å². The third-order valence-electron chi connectivity index (χ3n) is 5.42. The maximum Gasteiger partial charge on any atom is 0.263 e. The largest absolute Gasteiger partial charge is 0.497 e. The molecule has 1 amide bonds. The zero-order valence-electron chi connectivity index (χ0n) is 17.3. The SMILES string of the molecule is COc1ccc(C2CCN(S(=O)(=O)CC(O)(C#Cc3ccccc3)C(N)=O)CC2)cc1. The number of ether oxygens (including phenoxy) is 1. The average Bonchev–Trinajstić information content (AvgIpc) is 2.78. The molecular formula is C23H26N2O5S. The van der Waals surface area contributed by atoms with E-state index < -0.39 is 27.3 Å². The van der Waals surface area contributed by atoms with Crippen molar-refractivity contribution in [3.8, 4) is 17.6 Å². The lowest BCUT2D eigenvalue weighted by Crippen LogP contribution is -2.52. The Labute approximate surface area is 182 Å². The van der Waals surface area contributed by atoms with Crippen LogP contribution in [0, 0.1) is 11.8 Å². The van der Waals surface area contributed by atoms with Crippen LogP contribution in [0.25, 0.3) is 0 Å². The van der Waals surface area contributed by atoms with Crippen LogP contribution in [0.3, 0.4) is 0 Å². The van der Waals surface area contributed by atoms with E-state index in [-0.39, 0.29) is 5.92 Å². The number of aliphatic hydroxyl groups is 1. The summed E-state index contributed by atoms with van der Waals surface area (Å²) < 4.78 is 32.3. The minimum atomic E-state index is -3.95. The lowest BCUT2D eigenvalue weighted by molar-refractivity contribution is -0.129. The van der Waals surface area contributed by atoms with Gasteiger partial charge in [-0.05, 0) is 48.6 Å². The Kier molecular flexibility index (Phi) is 7.01. The number of rotatable bonds is 6. The molecule has 1 unspecified atom stereocenters. The smallest absolute Gasteiger partial charge is 0.263 e. The molecule has 1 heterocycles. The second kappa shape index (κ2) is 9.52. The van der Waals surface area contributed by atoms with Crippen LogP contribution < -0.4 is 10.5 Å². The van der Waals surface area contributed by atoms with E-state index in [1.807, 2.05) is 24.3 Å². The second-order valence-electron chi connectivity index (χ2n) is 7.54. The van der Waals surface area contributed by atoms with Crippen molar-refractivity contribution in [3.63, 3.8) is 0 Å². The fourth-order valence-electron chi connectivity index (χ4n) is 3.56. The number of hydrogen-bond acceptors (Lipinski definition) is 5. The van der Waals surface area contributed by atoms with Crippen molar-refractivity contribution in [1.82, 2.24) is 4.31 Å². The number of amides is 1. The summed E-state index contributed by atoms with van der Waals surface area (Å²) in [4.78, 5) is 11.9. The van der Waals surface area contributed by atoms with Crippen molar-refractivity contribution in [2.75, 3.05) is 26.0 Å². The summed E-state index contributed by atoms with van der Waals surface area (Å²) in [5.74, 6) is 3.94. The summed E-state index contributed by atoms with van der Waals surface area (Å²) in [6.45, 7) is 0.583. The third kappa shape index (κ3) is 5.64. The number of nitrogens with zero attached hydrogens (tertiary/aromatic N) is 1. The van der Waals surface area contributed by atoms with E-state index in [2.05, 4.69) is 11.8 Å². The van der Waals surface area contributed by atoms with Gasteiger partial charge in [0.25, 0.3) is 5.91 Å². The first kappa shape index (κ1) is 22.8. The number of carbonyl (C=O) groups excluding carboxylic acids is 1. The van der Waals surface area contributed by atoms with Crippen LogP contribution in [-0.2, 0) is 14.8 Å². The Balaban J connectivity index is 1.69. The molecule has 7 nitrogen and oxygen atoms in total. The molecule has 2 aromatic carbocycles. The van der Waals surface area contributed by atoms with Gasteiger partial charge in [0, 0.05) is 18.7 Å². The summed E-state index contributed by atoms with van der Waals surface area (Å²) >= 11 is 0. The molecular weight excluding hydrogens is 416 g/mol. The molecule has 1 aliphatic heterocycles. The number of nitrogens with two attached hydrogens (primary N) is 1. The first-order chi connectivity index (χ1) is 14.7. The summed E-state index contributed by atoms with van der Waals surface area (Å²) in [6, 6.07) is 16.4. The lowest BCUT2D eigenvalue weighted by atomic mass is 9.90. The molecule has 164 valence electrons. The standard InChI is InChI=1S/C23H26N2O5S/c1-30-21-9-7-19(8-10-21)20-12-15-25(16-13-20)31(28,29)17-23(27,22(24)26)14-11-18-5-3-2-4-6-18/h2-10,20,27H,12-13,15-17H2,1H3,(H2,24,26). The van der Waals surface area contributed by atoms with Gasteiger partial charge in [0.1, 0.15) is 11.5 Å². The molecule has 0 spiro atoms.